The van der Waals surface area contributed by atoms with Gasteiger partial charge >= 0.3 is 0 Å². The number of furan rings is 1. The molecule has 170 valence electrons. The topological polar surface area (TPSA) is 112 Å². The van der Waals surface area contributed by atoms with Gasteiger partial charge in [-0.15, -0.1) is 0 Å². The maximum atomic E-state index is 13.3. The van der Waals surface area contributed by atoms with Gasteiger partial charge in [0, 0.05) is 41.8 Å². The smallest absolute Gasteiger partial charge is 0.294 e. The number of anilines is 1. The Morgan fingerprint density at radius 3 is 2.73 bits per heavy atom. The number of hydrogen-bond donors (Lipinski definition) is 2. The van der Waals surface area contributed by atoms with Crippen LogP contribution in [0.1, 0.15) is 43.0 Å². The van der Waals surface area contributed by atoms with Crippen LogP contribution in [0.15, 0.2) is 57.9 Å². The highest BCUT2D eigenvalue weighted by Crippen LogP contribution is 2.31. The molecule has 3 N–H and O–H groups in total. The van der Waals surface area contributed by atoms with Crippen LogP contribution in [-0.4, -0.2) is 28.7 Å². The molecule has 0 radical (unpaired) electrons. The molecule has 0 bridgehead atoms. The van der Waals surface area contributed by atoms with E-state index in [1.54, 1.807) is 6.20 Å². The number of nitrogens with zero attached hydrogens (tertiary/aromatic N) is 2. The highest BCUT2D eigenvalue weighted by molar-refractivity contribution is 6.05. The van der Waals surface area contributed by atoms with Crippen LogP contribution >= 0.6 is 0 Å². The maximum Gasteiger partial charge on any atom is 0.294 e. The van der Waals surface area contributed by atoms with Gasteiger partial charge < -0.3 is 20.2 Å². The average Bonchev–Trinajstić information content (AvgIpc) is 3.20. The Morgan fingerprint density at radius 2 is 1.94 bits per heavy atom. The van der Waals surface area contributed by atoms with Crippen molar-refractivity contribution in [2.75, 3.05) is 18.5 Å². The minimum atomic E-state index is -0.562. The fraction of sp³-hybridized carbons (Fsp3) is 0.320. The summed E-state index contributed by atoms with van der Waals surface area (Å²) >= 11 is 0. The van der Waals surface area contributed by atoms with Crippen LogP contribution in [0.25, 0.3) is 21.9 Å². The number of para-hydroxylation sites is 1. The van der Waals surface area contributed by atoms with Gasteiger partial charge in [-0.2, -0.15) is 0 Å². The van der Waals surface area contributed by atoms with Crippen molar-refractivity contribution in [2.45, 2.75) is 38.3 Å². The third-order valence-electron chi connectivity index (χ3n) is 6.29. The molecule has 0 aliphatic carbocycles. The molecule has 8 heteroatoms. The van der Waals surface area contributed by atoms with E-state index in [1.165, 1.54) is 4.57 Å². The van der Waals surface area contributed by atoms with E-state index in [2.05, 4.69) is 16.4 Å². The molecule has 1 saturated heterocycles. The number of hydrogen-bond acceptors (Lipinski definition) is 6. The molecule has 1 fully saturated rings. The van der Waals surface area contributed by atoms with Crippen LogP contribution in [-0.2, 0) is 16.1 Å². The fourth-order valence-corrected chi connectivity index (χ4v) is 4.54. The summed E-state index contributed by atoms with van der Waals surface area (Å²) in [6.07, 6.45) is 3.24. The molecule has 8 nitrogen and oxygen atoms in total. The van der Waals surface area contributed by atoms with Crippen LogP contribution in [0.4, 0.5) is 5.82 Å². The Morgan fingerprint density at radius 1 is 1.18 bits per heavy atom. The van der Waals surface area contributed by atoms with Gasteiger partial charge in [0.05, 0.1) is 6.04 Å². The molecular weight excluding hydrogens is 420 g/mol. The van der Waals surface area contributed by atoms with Crippen LogP contribution in [0.3, 0.4) is 0 Å². The first-order chi connectivity index (χ1) is 16.0. The minimum Gasteiger partial charge on any atom is -0.456 e. The van der Waals surface area contributed by atoms with Gasteiger partial charge in [0.2, 0.25) is 5.91 Å². The molecule has 33 heavy (non-hydrogen) atoms. The van der Waals surface area contributed by atoms with Crippen molar-refractivity contribution < 1.29 is 13.9 Å². The second-order valence-corrected chi connectivity index (χ2v) is 8.50. The van der Waals surface area contributed by atoms with Gasteiger partial charge in [-0.3, -0.25) is 14.2 Å². The Labute approximate surface area is 190 Å². The summed E-state index contributed by atoms with van der Waals surface area (Å²) in [6, 6.07) is 13.7. The Kier molecular flexibility index (Phi) is 5.60. The third kappa shape index (κ3) is 4.09. The minimum absolute atomic E-state index is 0.113. The highest BCUT2D eigenvalue weighted by Gasteiger charge is 2.23. The highest BCUT2D eigenvalue weighted by atomic mass is 16.5. The lowest BCUT2D eigenvalue weighted by atomic mass is 9.96. The monoisotopic (exact) mass is 446 g/mol. The largest absolute Gasteiger partial charge is 0.456 e. The van der Waals surface area contributed by atoms with Gasteiger partial charge in [-0.25, -0.2) is 4.98 Å². The standard InChI is InChI=1S/C25H26N4O4/c1-15(17-6-7-22-19(12-17)18-4-2-3-5-21(18)33-22)28-24-25(31)29(14-23(26)30)20(13-27-24)16-8-10-32-11-9-16/h2-7,12-13,15-16H,8-11,14H2,1H3,(H2,26,30)(H,27,28). The average molecular weight is 447 g/mol. The maximum absolute atomic E-state index is 13.3. The molecule has 2 aromatic heterocycles. The first-order valence-electron chi connectivity index (χ1n) is 11.1. The van der Waals surface area contributed by atoms with Gasteiger partial charge in [0.1, 0.15) is 17.7 Å². The molecule has 1 aliphatic heterocycles. The first-order valence-corrected chi connectivity index (χ1v) is 11.1. The van der Waals surface area contributed by atoms with Gasteiger partial charge in [0.15, 0.2) is 5.82 Å². The summed E-state index contributed by atoms with van der Waals surface area (Å²) < 4.78 is 12.8. The number of nitrogens with one attached hydrogen (secondary N) is 1. The molecule has 2 aromatic carbocycles. The summed E-state index contributed by atoms with van der Waals surface area (Å²) in [7, 11) is 0. The zero-order chi connectivity index (χ0) is 22.9. The van der Waals surface area contributed by atoms with E-state index in [9.17, 15) is 9.59 Å². The molecule has 1 amide bonds. The number of aromatic nitrogens is 2. The Bertz CT molecular complexity index is 1380. The van der Waals surface area contributed by atoms with Crippen molar-refractivity contribution in [2.24, 2.45) is 5.73 Å². The van der Waals surface area contributed by atoms with Gasteiger partial charge in [0.25, 0.3) is 5.56 Å². The van der Waals surface area contributed by atoms with E-state index in [1.807, 2.05) is 43.3 Å². The predicted molar refractivity (Wildman–Crippen MR) is 126 cm³/mol. The molecule has 3 heterocycles. The lowest BCUT2D eigenvalue weighted by molar-refractivity contribution is -0.118. The summed E-state index contributed by atoms with van der Waals surface area (Å²) in [5, 5.41) is 5.29. The van der Waals surface area contributed by atoms with E-state index < -0.39 is 5.91 Å². The van der Waals surface area contributed by atoms with Crippen LogP contribution in [0, 0.1) is 0 Å². The molecule has 1 aliphatic rings. The normalized spacial score (nSPS) is 15.7. The van der Waals surface area contributed by atoms with E-state index in [4.69, 9.17) is 14.9 Å². The third-order valence-corrected chi connectivity index (χ3v) is 6.29. The zero-order valence-corrected chi connectivity index (χ0v) is 18.4. The summed E-state index contributed by atoms with van der Waals surface area (Å²) in [5.41, 5.74) is 8.47. The van der Waals surface area contributed by atoms with Crippen molar-refractivity contribution in [3.63, 3.8) is 0 Å². The number of nitrogens with two attached hydrogens (primary N) is 1. The number of primary amides is 1. The molecular formula is C25H26N4O4. The predicted octanol–water partition coefficient (Wildman–Crippen LogP) is 3.70. The van der Waals surface area contributed by atoms with Gasteiger partial charge in [-0.1, -0.05) is 24.3 Å². The Balaban J connectivity index is 1.47. The van der Waals surface area contributed by atoms with Crippen molar-refractivity contribution in [1.82, 2.24) is 9.55 Å². The number of amides is 1. The lowest BCUT2D eigenvalue weighted by Crippen LogP contribution is -2.34. The molecule has 0 saturated carbocycles. The molecule has 0 spiro atoms. The zero-order valence-electron chi connectivity index (χ0n) is 18.4. The van der Waals surface area contributed by atoms with E-state index in [0.29, 0.717) is 13.2 Å². The molecule has 1 atom stereocenters. The second kappa shape index (κ2) is 8.71. The van der Waals surface area contributed by atoms with Crippen molar-refractivity contribution in [3.05, 3.63) is 70.3 Å². The lowest BCUT2D eigenvalue weighted by Gasteiger charge is -2.25. The van der Waals surface area contributed by atoms with Gasteiger partial charge in [-0.05, 0) is 43.5 Å². The summed E-state index contributed by atoms with van der Waals surface area (Å²) in [4.78, 5) is 29.4. The number of carbonyl (C=O) groups is 1. The van der Waals surface area contributed by atoms with Crippen molar-refractivity contribution in [1.29, 1.82) is 0 Å². The number of benzene rings is 2. The van der Waals surface area contributed by atoms with E-state index >= 15 is 0 Å². The van der Waals surface area contributed by atoms with Crippen LogP contribution in [0.2, 0.25) is 0 Å². The van der Waals surface area contributed by atoms with E-state index in [0.717, 1.165) is 46.0 Å². The van der Waals surface area contributed by atoms with Crippen LogP contribution in [0.5, 0.6) is 0 Å². The number of fused-ring (bicyclic) bond motifs is 3. The number of ether oxygens (including phenoxy) is 1. The summed E-state index contributed by atoms with van der Waals surface area (Å²) in [5.74, 6) is -0.258. The van der Waals surface area contributed by atoms with Crippen molar-refractivity contribution >= 4 is 33.7 Å². The fourth-order valence-electron chi connectivity index (χ4n) is 4.54. The first kappa shape index (κ1) is 21.2. The number of carbonyl (C=O) groups excluding carboxylic acids is 1. The van der Waals surface area contributed by atoms with Crippen LogP contribution < -0.4 is 16.6 Å². The Hall–Kier alpha value is -3.65. The quantitative estimate of drug-likeness (QED) is 0.467. The van der Waals surface area contributed by atoms with Crippen molar-refractivity contribution in [3.8, 4) is 0 Å². The summed E-state index contributed by atoms with van der Waals surface area (Å²) in [6.45, 7) is 3.04. The second-order valence-electron chi connectivity index (χ2n) is 8.50. The molecule has 1 unspecified atom stereocenters. The SMILES string of the molecule is CC(Nc1ncc(C2CCOCC2)n(CC(N)=O)c1=O)c1ccc2oc3ccccc3c2c1. The molecule has 4 aromatic rings. The molecule has 5 rings (SSSR count). The number of rotatable bonds is 6. The van der Waals surface area contributed by atoms with E-state index in [-0.39, 0.29) is 29.9 Å².